The number of aryl methyl sites for hydroxylation is 1. The van der Waals surface area contributed by atoms with E-state index in [1.807, 2.05) is 42.5 Å². The van der Waals surface area contributed by atoms with Crippen LogP contribution in [-0.2, 0) is 16.0 Å². The highest BCUT2D eigenvalue weighted by Crippen LogP contribution is 2.14. The third-order valence-electron chi connectivity index (χ3n) is 3.66. The van der Waals surface area contributed by atoms with Crippen LogP contribution in [0.4, 0.5) is 0 Å². The highest BCUT2D eigenvalue weighted by atomic mass is 16.6. The number of carbonyl (C=O) groups is 1. The summed E-state index contributed by atoms with van der Waals surface area (Å²) >= 11 is 0. The Labute approximate surface area is 141 Å². The second kappa shape index (κ2) is 9.05. The Kier molecular flexibility index (Phi) is 6.78. The van der Waals surface area contributed by atoms with Crippen LogP contribution in [0.15, 0.2) is 54.6 Å². The van der Waals surface area contributed by atoms with Crippen molar-refractivity contribution >= 4 is 5.97 Å². The first kappa shape index (κ1) is 18.0. The first-order valence-corrected chi connectivity index (χ1v) is 7.96. The average Bonchev–Trinajstić information content (AvgIpc) is 2.59. The van der Waals surface area contributed by atoms with E-state index in [9.17, 15) is 15.0 Å². The molecule has 0 aliphatic heterocycles. The second-order valence-electron chi connectivity index (χ2n) is 5.64. The largest absolute Gasteiger partial charge is 0.508 e. The average molecular weight is 329 g/mol. The van der Waals surface area contributed by atoms with Gasteiger partial charge >= 0.3 is 5.97 Å². The van der Waals surface area contributed by atoms with Gasteiger partial charge in [0.1, 0.15) is 5.75 Å². The molecule has 0 saturated carbocycles. The molecule has 0 amide bonds. The highest BCUT2D eigenvalue weighted by molar-refractivity contribution is 5.66. The number of aliphatic hydroxyl groups is 1. The monoisotopic (exact) mass is 329 g/mol. The van der Waals surface area contributed by atoms with E-state index in [1.165, 1.54) is 6.92 Å². The molecule has 2 atom stereocenters. The van der Waals surface area contributed by atoms with Crippen molar-refractivity contribution in [1.29, 1.82) is 0 Å². The molecular weight excluding hydrogens is 306 g/mol. The number of esters is 1. The Hall–Kier alpha value is -2.37. The number of ether oxygens (including phenoxy) is 1. The van der Waals surface area contributed by atoms with Crippen LogP contribution in [-0.4, -0.2) is 29.0 Å². The lowest BCUT2D eigenvalue weighted by atomic mass is 10.1. The van der Waals surface area contributed by atoms with Crippen LogP contribution in [0.5, 0.6) is 5.75 Å². The SMILES string of the molecule is CC(=O)O[C@H](CCc1ccc(O)cc1)NCC(O)c1ccccc1. The lowest BCUT2D eigenvalue weighted by molar-refractivity contribution is -0.148. The number of nitrogens with one attached hydrogen (secondary N) is 1. The van der Waals surface area contributed by atoms with Crippen LogP contribution < -0.4 is 5.32 Å². The van der Waals surface area contributed by atoms with Crippen LogP contribution in [0.1, 0.15) is 30.6 Å². The van der Waals surface area contributed by atoms with Gasteiger partial charge in [-0.1, -0.05) is 42.5 Å². The number of aromatic hydroxyl groups is 1. The van der Waals surface area contributed by atoms with E-state index in [4.69, 9.17) is 4.74 Å². The maximum absolute atomic E-state index is 11.3. The van der Waals surface area contributed by atoms with E-state index in [0.29, 0.717) is 12.8 Å². The lowest BCUT2D eigenvalue weighted by Gasteiger charge is -2.21. The van der Waals surface area contributed by atoms with Crippen molar-refractivity contribution in [1.82, 2.24) is 5.32 Å². The van der Waals surface area contributed by atoms with Gasteiger partial charge in [0, 0.05) is 19.9 Å². The Bertz CT molecular complexity index is 628. The van der Waals surface area contributed by atoms with Gasteiger partial charge in [-0.25, -0.2) is 0 Å². The van der Waals surface area contributed by atoms with Crippen molar-refractivity contribution < 1.29 is 19.7 Å². The minimum absolute atomic E-state index is 0.222. The van der Waals surface area contributed by atoms with E-state index >= 15 is 0 Å². The standard InChI is InChI=1S/C19H23NO4/c1-14(21)24-19(12-9-15-7-10-17(22)11-8-15)20-13-18(23)16-5-3-2-4-6-16/h2-8,10-11,18-20,22-23H,9,12-13H2,1H3/t18?,19-/m1/s1. The van der Waals surface area contributed by atoms with Gasteiger partial charge in [-0.2, -0.15) is 0 Å². The van der Waals surface area contributed by atoms with Gasteiger partial charge in [0.15, 0.2) is 6.23 Å². The molecule has 3 N–H and O–H groups in total. The third kappa shape index (κ3) is 6.02. The van der Waals surface area contributed by atoms with Gasteiger partial charge in [-0.15, -0.1) is 0 Å². The molecule has 0 aliphatic carbocycles. The summed E-state index contributed by atoms with van der Waals surface area (Å²) in [5.74, 6) is -0.146. The van der Waals surface area contributed by atoms with Gasteiger partial charge in [-0.05, 0) is 29.7 Å². The fraction of sp³-hybridized carbons (Fsp3) is 0.316. The van der Waals surface area contributed by atoms with E-state index < -0.39 is 12.3 Å². The molecule has 0 fully saturated rings. The maximum Gasteiger partial charge on any atom is 0.304 e. The number of carbonyl (C=O) groups excluding carboxylic acids is 1. The Morgan fingerprint density at radius 2 is 1.79 bits per heavy atom. The van der Waals surface area contributed by atoms with E-state index in [1.54, 1.807) is 12.1 Å². The molecule has 1 unspecified atom stereocenters. The van der Waals surface area contributed by atoms with Gasteiger partial charge in [-0.3, -0.25) is 10.1 Å². The first-order chi connectivity index (χ1) is 11.5. The quantitative estimate of drug-likeness (QED) is 0.512. The van der Waals surface area contributed by atoms with Crippen LogP contribution in [0, 0.1) is 0 Å². The Morgan fingerprint density at radius 3 is 2.42 bits per heavy atom. The van der Waals surface area contributed by atoms with E-state index in [0.717, 1.165) is 11.1 Å². The number of hydrogen-bond donors (Lipinski definition) is 3. The fourth-order valence-electron chi connectivity index (χ4n) is 2.40. The van der Waals surface area contributed by atoms with Gasteiger partial charge < -0.3 is 14.9 Å². The molecule has 24 heavy (non-hydrogen) atoms. The third-order valence-corrected chi connectivity index (χ3v) is 3.66. The molecule has 128 valence electrons. The number of hydrogen-bond acceptors (Lipinski definition) is 5. The molecule has 5 heteroatoms. The zero-order chi connectivity index (χ0) is 17.4. The summed E-state index contributed by atoms with van der Waals surface area (Å²) in [5, 5.41) is 22.6. The van der Waals surface area contributed by atoms with Gasteiger partial charge in [0.25, 0.3) is 0 Å². The van der Waals surface area contributed by atoms with E-state index in [2.05, 4.69) is 5.32 Å². The molecule has 0 radical (unpaired) electrons. The van der Waals surface area contributed by atoms with Crippen LogP contribution >= 0.6 is 0 Å². The summed E-state index contributed by atoms with van der Waals surface area (Å²) < 4.78 is 5.27. The normalized spacial score (nSPS) is 13.2. The molecule has 2 aromatic carbocycles. The van der Waals surface area contributed by atoms with Gasteiger partial charge in [0.05, 0.1) is 6.10 Å². The number of phenols is 1. The minimum Gasteiger partial charge on any atom is -0.508 e. The summed E-state index contributed by atoms with van der Waals surface area (Å²) in [7, 11) is 0. The molecule has 5 nitrogen and oxygen atoms in total. The van der Waals surface area contributed by atoms with Crippen molar-refractivity contribution in [2.24, 2.45) is 0 Å². The number of benzene rings is 2. The van der Waals surface area contributed by atoms with Gasteiger partial charge in [0.2, 0.25) is 0 Å². The Balaban J connectivity index is 1.88. The lowest BCUT2D eigenvalue weighted by Crippen LogP contribution is -2.36. The summed E-state index contributed by atoms with van der Waals surface area (Å²) in [6.07, 6.45) is 0.117. The molecule has 0 bridgehead atoms. The molecule has 2 rings (SSSR count). The number of rotatable bonds is 8. The molecule has 0 saturated heterocycles. The Morgan fingerprint density at radius 1 is 1.12 bits per heavy atom. The molecule has 0 aliphatic rings. The van der Waals surface area contributed by atoms with Crippen molar-refractivity contribution in [2.75, 3.05) is 6.54 Å². The van der Waals surface area contributed by atoms with Crippen LogP contribution in [0.25, 0.3) is 0 Å². The summed E-state index contributed by atoms with van der Waals surface area (Å²) in [6.45, 7) is 1.65. The molecule has 0 heterocycles. The van der Waals surface area contributed by atoms with Crippen molar-refractivity contribution in [2.45, 2.75) is 32.1 Å². The predicted octanol–water partition coefficient (Wildman–Crippen LogP) is 2.54. The van der Waals surface area contributed by atoms with Crippen molar-refractivity contribution in [3.05, 3.63) is 65.7 Å². The molecule has 0 aromatic heterocycles. The fourth-order valence-corrected chi connectivity index (χ4v) is 2.40. The topological polar surface area (TPSA) is 78.8 Å². The van der Waals surface area contributed by atoms with Crippen LogP contribution in [0.3, 0.4) is 0 Å². The summed E-state index contributed by atoms with van der Waals surface area (Å²) in [4.78, 5) is 11.3. The number of aliphatic hydroxyl groups excluding tert-OH is 1. The van der Waals surface area contributed by atoms with Crippen molar-refractivity contribution in [3.63, 3.8) is 0 Å². The summed E-state index contributed by atoms with van der Waals surface area (Å²) in [6, 6.07) is 16.2. The van der Waals surface area contributed by atoms with Crippen LogP contribution in [0.2, 0.25) is 0 Å². The maximum atomic E-state index is 11.3. The van der Waals surface area contributed by atoms with Crippen molar-refractivity contribution in [3.8, 4) is 5.75 Å². The number of phenolic OH excluding ortho intramolecular Hbond substituents is 1. The zero-order valence-corrected chi connectivity index (χ0v) is 13.7. The van der Waals surface area contributed by atoms with E-state index in [-0.39, 0.29) is 18.3 Å². The second-order valence-corrected chi connectivity index (χ2v) is 5.64. The molecule has 0 spiro atoms. The first-order valence-electron chi connectivity index (χ1n) is 7.96. The molecule has 2 aromatic rings. The minimum atomic E-state index is -0.669. The predicted molar refractivity (Wildman–Crippen MR) is 91.4 cm³/mol. The smallest absolute Gasteiger partial charge is 0.304 e. The zero-order valence-electron chi connectivity index (χ0n) is 13.7. The summed E-state index contributed by atoms with van der Waals surface area (Å²) in [5.41, 5.74) is 1.85. The highest BCUT2D eigenvalue weighted by Gasteiger charge is 2.15. The molecular formula is C19H23NO4.